The minimum atomic E-state index is -0.589. The average molecular weight is 272 g/mol. The Bertz CT molecular complexity index is 771. The van der Waals surface area contributed by atoms with Crippen LogP contribution >= 0.6 is 0 Å². The molecule has 0 fully saturated rings. The van der Waals surface area contributed by atoms with Gasteiger partial charge in [-0.2, -0.15) is 4.52 Å². The van der Waals surface area contributed by atoms with Crippen LogP contribution in [0.3, 0.4) is 0 Å². The maximum Gasteiger partial charge on any atom is 0.272 e. The molecule has 3 rings (SSSR count). The Hall–Kier alpha value is -3.03. The van der Waals surface area contributed by atoms with Gasteiger partial charge in [0, 0.05) is 0 Å². The predicted molar refractivity (Wildman–Crippen MR) is 68.3 cm³/mol. The number of nitrogens with one attached hydrogen (secondary N) is 2. The molecular formula is C12H9FN6O. The summed E-state index contributed by atoms with van der Waals surface area (Å²) < 4.78 is 14.8. The molecule has 0 radical (unpaired) electrons. The molecule has 0 unspecified atom stereocenters. The maximum absolute atomic E-state index is 13.4. The van der Waals surface area contributed by atoms with Crippen LogP contribution in [0.1, 0.15) is 10.4 Å². The zero-order valence-electron chi connectivity index (χ0n) is 10.1. The van der Waals surface area contributed by atoms with Gasteiger partial charge in [0.1, 0.15) is 12.1 Å². The number of fused-ring (bicyclic) bond motifs is 1. The van der Waals surface area contributed by atoms with E-state index in [0.29, 0.717) is 11.5 Å². The van der Waals surface area contributed by atoms with Gasteiger partial charge in [-0.25, -0.2) is 4.39 Å². The molecule has 20 heavy (non-hydrogen) atoms. The van der Waals surface area contributed by atoms with Crippen LogP contribution < -0.4 is 10.9 Å². The molecule has 1 amide bonds. The SMILES string of the molecule is O=C(NNc1ccc2nncn2n1)c1ccccc1F. The van der Waals surface area contributed by atoms with E-state index < -0.39 is 11.7 Å². The van der Waals surface area contributed by atoms with Crippen LogP contribution in [0.15, 0.2) is 42.7 Å². The molecule has 3 aromatic rings. The summed E-state index contributed by atoms with van der Waals surface area (Å²) in [7, 11) is 0. The predicted octanol–water partition coefficient (Wildman–Crippen LogP) is 1.02. The Balaban J connectivity index is 1.73. The van der Waals surface area contributed by atoms with Crippen LogP contribution in [0.25, 0.3) is 5.65 Å². The number of carbonyl (C=O) groups excluding carboxylic acids is 1. The second-order valence-corrected chi connectivity index (χ2v) is 3.91. The minimum absolute atomic E-state index is 0.0506. The van der Waals surface area contributed by atoms with E-state index in [9.17, 15) is 9.18 Å². The summed E-state index contributed by atoms with van der Waals surface area (Å²) in [5.41, 5.74) is 5.49. The fourth-order valence-electron chi connectivity index (χ4n) is 1.63. The Labute approximate surface area is 112 Å². The molecule has 0 spiro atoms. The smallest absolute Gasteiger partial charge is 0.272 e. The molecule has 0 bridgehead atoms. The van der Waals surface area contributed by atoms with E-state index in [1.807, 2.05) is 0 Å². The fourth-order valence-corrected chi connectivity index (χ4v) is 1.63. The molecule has 0 atom stereocenters. The molecular weight excluding hydrogens is 263 g/mol. The van der Waals surface area contributed by atoms with Crippen LogP contribution in [0.5, 0.6) is 0 Å². The Kier molecular flexibility index (Phi) is 2.96. The van der Waals surface area contributed by atoms with Crippen LogP contribution in [0.4, 0.5) is 10.2 Å². The Morgan fingerprint density at radius 3 is 2.90 bits per heavy atom. The monoisotopic (exact) mass is 272 g/mol. The molecule has 8 heteroatoms. The Morgan fingerprint density at radius 1 is 1.20 bits per heavy atom. The molecule has 2 N–H and O–H groups in total. The zero-order chi connectivity index (χ0) is 13.9. The third-order valence-electron chi connectivity index (χ3n) is 2.58. The number of hydrogen-bond donors (Lipinski definition) is 2. The number of anilines is 1. The van der Waals surface area contributed by atoms with Crippen LogP contribution in [0, 0.1) is 5.82 Å². The van der Waals surface area contributed by atoms with Crippen LogP contribution in [-0.4, -0.2) is 25.7 Å². The summed E-state index contributed by atoms with van der Waals surface area (Å²) in [5.74, 6) is -0.801. The van der Waals surface area contributed by atoms with Crippen molar-refractivity contribution in [1.82, 2.24) is 25.2 Å². The van der Waals surface area contributed by atoms with Crippen molar-refractivity contribution >= 4 is 17.4 Å². The molecule has 1 aromatic carbocycles. The van der Waals surface area contributed by atoms with E-state index in [2.05, 4.69) is 26.1 Å². The number of carbonyl (C=O) groups is 1. The lowest BCUT2D eigenvalue weighted by molar-refractivity contribution is 0.0958. The van der Waals surface area contributed by atoms with Crippen molar-refractivity contribution < 1.29 is 9.18 Å². The molecule has 0 aliphatic rings. The zero-order valence-corrected chi connectivity index (χ0v) is 10.1. The topological polar surface area (TPSA) is 84.2 Å². The second kappa shape index (κ2) is 4.92. The first kappa shape index (κ1) is 12.0. The van der Waals surface area contributed by atoms with Gasteiger partial charge in [-0.1, -0.05) is 12.1 Å². The number of rotatable bonds is 3. The molecule has 0 aliphatic heterocycles. The number of benzene rings is 1. The van der Waals surface area contributed by atoms with Gasteiger partial charge in [-0.15, -0.1) is 15.3 Å². The van der Waals surface area contributed by atoms with Gasteiger partial charge in [0.25, 0.3) is 5.91 Å². The highest BCUT2D eigenvalue weighted by Crippen LogP contribution is 2.07. The summed E-state index contributed by atoms with van der Waals surface area (Å²) in [6, 6.07) is 9.00. The standard InChI is InChI=1S/C12H9FN6O/c13-9-4-2-1-3-8(9)12(20)17-15-10-5-6-11-16-14-7-19(11)18-10/h1-7H,(H,15,18)(H,17,20). The third-order valence-corrected chi connectivity index (χ3v) is 2.58. The lowest BCUT2D eigenvalue weighted by Crippen LogP contribution is -2.30. The lowest BCUT2D eigenvalue weighted by atomic mass is 10.2. The van der Waals surface area contributed by atoms with Crippen molar-refractivity contribution in [1.29, 1.82) is 0 Å². The molecule has 0 saturated carbocycles. The first-order valence-electron chi connectivity index (χ1n) is 5.72. The summed E-state index contributed by atoms with van der Waals surface area (Å²) in [4.78, 5) is 11.8. The lowest BCUT2D eigenvalue weighted by Gasteiger charge is -2.08. The Morgan fingerprint density at radius 2 is 2.05 bits per heavy atom. The number of hydrazine groups is 1. The number of nitrogens with zero attached hydrogens (tertiary/aromatic N) is 4. The summed E-state index contributed by atoms with van der Waals surface area (Å²) in [6.45, 7) is 0. The minimum Gasteiger partial charge on any atom is -0.280 e. The van der Waals surface area contributed by atoms with E-state index in [0.717, 1.165) is 0 Å². The van der Waals surface area contributed by atoms with Gasteiger partial charge in [-0.05, 0) is 24.3 Å². The van der Waals surface area contributed by atoms with Crippen molar-refractivity contribution in [3.63, 3.8) is 0 Å². The molecule has 7 nitrogen and oxygen atoms in total. The quantitative estimate of drug-likeness (QED) is 0.695. The molecule has 0 saturated heterocycles. The second-order valence-electron chi connectivity index (χ2n) is 3.91. The first-order chi connectivity index (χ1) is 9.74. The number of halogens is 1. The van der Waals surface area contributed by atoms with E-state index in [-0.39, 0.29) is 5.56 Å². The van der Waals surface area contributed by atoms with Crippen LogP contribution in [0.2, 0.25) is 0 Å². The largest absolute Gasteiger partial charge is 0.280 e. The van der Waals surface area contributed by atoms with Crippen molar-refractivity contribution in [2.45, 2.75) is 0 Å². The molecule has 2 aromatic heterocycles. The van der Waals surface area contributed by atoms with Gasteiger partial charge in [0.2, 0.25) is 0 Å². The average Bonchev–Trinajstić information content (AvgIpc) is 2.92. The summed E-state index contributed by atoms with van der Waals surface area (Å²) in [6.07, 6.45) is 1.43. The van der Waals surface area contributed by atoms with E-state index in [1.165, 1.54) is 29.0 Å². The maximum atomic E-state index is 13.4. The van der Waals surface area contributed by atoms with E-state index in [1.54, 1.807) is 18.2 Å². The van der Waals surface area contributed by atoms with Gasteiger partial charge in [0.05, 0.1) is 5.56 Å². The van der Waals surface area contributed by atoms with Gasteiger partial charge >= 0.3 is 0 Å². The van der Waals surface area contributed by atoms with Crippen molar-refractivity contribution in [2.75, 3.05) is 5.43 Å². The molecule has 0 aliphatic carbocycles. The highest BCUT2D eigenvalue weighted by atomic mass is 19.1. The number of amides is 1. The van der Waals surface area contributed by atoms with Crippen molar-refractivity contribution in [3.05, 3.63) is 54.1 Å². The third kappa shape index (κ3) is 2.26. The van der Waals surface area contributed by atoms with Gasteiger partial charge in [0.15, 0.2) is 11.5 Å². The first-order valence-corrected chi connectivity index (χ1v) is 5.72. The van der Waals surface area contributed by atoms with Crippen molar-refractivity contribution in [3.8, 4) is 0 Å². The number of hydrogen-bond acceptors (Lipinski definition) is 5. The summed E-state index contributed by atoms with van der Waals surface area (Å²) in [5, 5.41) is 11.6. The fraction of sp³-hybridized carbons (Fsp3) is 0. The van der Waals surface area contributed by atoms with Gasteiger partial charge in [-0.3, -0.25) is 15.6 Å². The van der Waals surface area contributed by atoms with E-state index in [4.69, 9.17) is 0 Å². The molecule has 2 heterocycles. The number of aromatic nitrogens is 4. The van der Waals surface area contributed by atoms with Crippen LogP contribution in [-0.2, 0) is 0 Å². The normalized spacial score (nSPS) is 10.4. The highest BCUT2D eigenvalue weighted by Gasteiger charge is 2.10. The highest BCUT2D eigenvalue weighted by molar-refractivity contribution is 5.95. The van der Waals surface area contributed by atoms with E-state index >= 15 is 0 Å². The van der Waals surface area contributed by atoms with Gasteiger partial charge < -0.3 is 0 Å². The molecule has 100 valence electrons. The summed E-state index contributed by atoms with van der Waals surface area (Å²) >= 11 is 0. The van der Waals surface area contributed by atoms with Crippen molar-refractivity contribution in [2.24, 2.45) is 0 Å².